The van der Waals surface area contributed by atoms with Crippen LogP contribution in [-0.2, 0) is 9.53 Å². The maximum absolute atomic E-state index is 11.3. The molecule has 0 aromatic heterocycles. The van der Waals surface area contributed by atoms with Crippen LogP contribution in [0.4, 0.5) is 0 Å². The Morgan fingerprint density at radius 2 is 2.05 bits per heavy atom. The number of carbonyl (C=O) groups is 1. The summed E-state index contributed by atoms with van der Waals surface area (Å²) in [5.74, 6) is 1.09. The van der Waals surface area contributed by atoms with Gasteiger partial charge >= 0.3 is 132 Å². The van der Waals surface area contributed by atoms with Crippen molar-refractivity contribution in [1.82, 2.24) is 8.43 Å². The van der Waals surface area contributed by atoms with Gasteiger partial charge in [-0.1, -0.05) is 0 Å². The molecular formula is C15H24IN2O2-. The molecule has 0 aliphatic carbocycles. The molecule has 2 rings (SSSR count). The summed E-state index contributed by atoms with van der Waals surface area (Å²) in [7, 11) is 0. The number of hydrogen-bond donors (Lipinski definition) is 1. The molecule has 4 nitrogen and oxygen atoms in total. The minimum absolute atomic E-state index is 0.150. The molecule has 1 amide bonds. The normalized spacial score (nSPS) is 21.3. The molecule has 2 heterocycles. The van der Waals surface area contributed by atoms with E-state index in [1.807, 2.05) is 4.90 Å². The number of likely N-dealkylation sites (tertiary alicyclic amines) is 1. The van der Waals surface area contributed by atoms with E-state index in [-0.39, 0.29) is 38.9 Å². The first kappa shape index (κ1) is 15.7. The molecule has 0 aromatic carbocycles. The molecule has 0 spiro atoms. The van der Waals surface area contributed by atoms with Gasteiger partial charge in [0.2, 0.25) is 0 Å². The van der Waals surface area contributed by atoms with Crippen LogP contribution in [0.15, 0.2) is 21.6 Å². The molecule has 2 aliphatic heterocycles. The summed E-state index contributed by atoms with van der Waals surface area (Å²) in [5.41, 5.74) is 1.54. The summed E-state index contributed by atoms with van der Waals surface area (Å²) in [5, 5.41) is 0. The van der Waals surface area contributed by atoms with Crippen LogP contribution in [0.2, 0.25) is 0 Å². The second kappa shape index (κ2) is 6.37. The Morgan fingerprint density at radius 1 is 1.40 bits per heavy atom. The van der Waals surface area contributed by atoms with Crippen LogP contribution in [0.25, 0.3) is 0 Å². The third-order valence-corrected chi connectivity index (χ3v) is 5.48. The van der Waals surface area contributed by atoms with Crippen LogP contribution in [0.1, 0.15) is 40.5 Å². The van der Waals surface area contributed by atoms with E-state index < -0.39 is 0 Å². The summed E-state index contributed by atoms with van der Waals surface area (Å²) < 4.78 is 11.8. The van der Waals surface area contributed by atoms with E-state index in [0.717, 1.165) is 31.8 Å². The van der Waals surface area contributed by atoms with Crippen LogP contribution in [0.3, 0.4) is 0 Å². The van der Waals surface area contributed by atoms with Crippen molar-refractivity contribution in [2.24, 2.45) is 5.41 Å². The van der Waals surface area contributed by atoms with Gasteiger partial charge in [0.25, 0.3) is 0 Å². The van der Waals surface area contributed by atoms with E-state index in [2.05, 4.69) is 34.5 Å². The quantitative estimate of drug-likeness (QED) is 0.505. The van der Waals surface area contributed by atoms with Gasteiger partial charge in [-0.25, -0.2) is 0 Å². The number of nitrogens with zero attached hydrogens (tertiary/aromatic N) is 1. The van der Waals surface area contributed by atoms with Crippen molar-refractivity contribution in [1.29, 1.82) is 0 Å². The maximum atomic E-state index is 11.3. The fourth-order valence-electron chi connectivity index (χ4n) is 2.24. The second-order valence-electron chi connectivity index (χ2n) is 6.35. The molecule has 1 N–H and O–H groups in total. The Hall–Kier alpha value is -0.720. The van der Waals surface area contributed by atoms with E-state index in [4.69, 9.17) is 4.74 Å². The molecular weight excluding hydrogens is 367 g/mol. The van der Waals surface area contributed by atoms with E-state index >= 15 is 0 Å². The van der Waals surface area contributed by atoms with Gasteiger partial charge in [0.15, 0.2) is 0 Å². The molecule has 5 heteroatoms. The summed E-state index contributed by atoms with van der Waals surface area (Å²) in [6.45, 7) is 9.94. The molecule has 1 saturated heterocycles. The summed E-state index contributed by atoms with van der Waals surface area (Å²) in [6.07, 6.45) is 4.21. The van der Waals surface area contributed by atoms with Gasteiger partial charge in [0, 0.05) is 0 Å². The number of hydrogen-bond acceptors (Lipinski definition) is 3. The number of amides is 1. The van der Waals surface area contributed by atoms with Crippen LogP contribution < -0.4 is 25.0 Å². The van der Waals surface area contributed by atoms with Crippen molar-refractivity contribution >= 4 is 5.91 Å². The fourth-order valence-corrected chi connectivity index (χ4v) is 4.44. The Bertz CT molecular complexity index is 430. The SMILES string of the molecule is CC(=O)N1CCC(OC2=CC(C(C)(C)C)=C[I-]N2)CC1. The number of halogens is 1. The van der Waals surface area contributed by atoms with Gasteiger partial charge in [0.1, 0.15) is 0 Å². The molecule has 1 fully saturated rings. The van der Waals surface area contributed by atoms with Gasteiger partial charge in [-0.3, -0.25) is 0 Å². The fraction of sp³-hybridized carbons (Fsp3) is 0.667. The minimum atomic E-state index is -0.150. The van der Waals surface area contributed by atoms with Crippen molar-refractivity contribution in [3.05, 3.63) is 21.6 Å². The van der Waals surface area contributed by atoms with Gasteiger partial charge in [-0.2, -0.15) is 0 Å². The first-order chi connectivity index (χ1) is 9.36. The average molecular weight is 391 g/mol. The number of carbonyl (C=O) groups excluding carboxylic acids is 1. The summed E-state index contributed by atoms with van der Waals surface area (Å²) in [4.78, 5) is 13.2. The number of rotatable bonds is 2. The molecule has 0 atom stereocenters. The third-order valence-electron chi connectivity index (χ3n) is 3.65. The second-order valence-corrected chi connectivity index (χ2v) is 8.13. The molecule has 0 aromatic rings. The summed E-state index contributed by atoms with van der Waals surface area (Å²) >= 11 is -0.150. The van der Waals surface area contributed by atoms with Crippen molar-refractivity contribution in [3.63, 3.8) is 0 Å². The predicted octanol–water partition coefficient (Wildman–Crippen LogP) is -0.607. The number of piperidine rings is 1. The number of ether oxygens (including phenoxy) is 1. The van der Waals surface area contributed by atoms with E-state index in [9.17, 15) is 4.79 Å². The predicted molar refractivity (Wildman–Crippen MR) is 75.1 cm³/mol. The van der Waals surface area contributed by atoms with Crippen LogP contribution in [0, 0.1) is 5.41 Å². The zero-order chi connectivity index (χ0) is 14.8. The molecule has 0 radical (unpaired) electrons. The van der Waals surface area contributed by atoms with Gasteiger partial charge < -0.3 is 0 Å². The van der Waals surface area contributed by atoms with Crippen molar-refractivity contribution in [3.8, 4) is 0 Å². The number of allylic oxidation sites excluding steroid dienone is 2. The third kappa shape index (κ3) is 4.14. The average Bonchev–Trinajstić information content (AvgIpc) is 2.38. The Balaban J connectivity index is 1.90. The monoisotopic (exact) mass is 391 g/mol. The molecule has 20 heavy (non-hydrogen) atoms. The molecule has 0 bridgehead atoms. The molecule has 2 aliphatic rings. The molecule has 114 valence electrons. The first-order valence-electron chi connectivity index (χ1n) is 7.09. The van der Waals surface area contributed by atoms with E-state index in [0.29, 0.717) is 0 Å². The number of nitrogens with one attached hydrogen (secondary N) is 1. The topological polar surface area (TPSA) is 41.6 Å². The zero-order valence-corrected chi connectivity index (χ0v) is 14.9. The van der Waals surface area contributed by atoms with Gasteiger partial charge in [-0.05, 0) is 0 Å². The molecule has 0 saturated carbocycles. The van der Waals surface area contributed by atoms with Crippen molar-refractivity contribution in [2.75, 3.05) is 13.1 Å². The van der Waals surface area contributed by atoms with Crippen LogP contribution in [0.5, 0.6) is 0 Å². The Kier molecular flexibility index (Phi) is 4.99. The zero-order valence-electron chi connectivity index (χ0n) is 12.7. The van der Waals surface area contributed by atoms with E-state index in [1.54, 1.807) is 6.92 Å². The Morgan fingerprint density at radius 3 is 2.60 bits per heavy atom. The van der Waals surface area contributed by atoms with Crippen LogP contribution >= 0.6 is 0 Å². The van der Waals surface area contributed by atoms with Crippen molar-refractivity contribution in [2.45, 2.75) is 46.6 Å². The Labute approximate surface area is 132 Å². The standard InChI is InChI=1S/C15H24IN2O2/c1-11(19)18-7-5-13(6-8-18)20-14-9-12(10-16-17-14)15(2,3)4/h9-10,13,17H,5-8H2,1-4H3/q-1. The van der Waals surface area contributed by atoms with Gasteiger partial charge in [-0.15, -0.1) is 0 Å². The van der Waals surface area contributed by atoms with Crippen molar-refractivity contribution < 1.29 is 31.0 Å². The van der Waals surface area contributed by atoms with Crippen LogP contribution in [-0.4, -0.2) is 30.0 Å². The van der Waals surface area contributed by atoms with E-state index in [1.165, 1.54) is 5.57 Å². The first-order valence-corrected chi connectivity index (χ1v) is 9.41. The van der Waals surface area contributed by atoms with Gasteiger partial charge in [0.05, 0.1) is 0 Å². The summed E-state index contributed by atoms with van der Waals surface area (Å²) in [6, 6.07) is 0. The molecule has 0 unspecified atom stereocenters.